The van der Waals surface area contributed by atoms with Gasteiger partial charge in [0, 0.05) is 44.2 Å². The van der Waals surface area contributed by atoms with E-state index >= 15 is 0 Å². The smallest absolute Gasteiger partial charge is 0.233 e. The molecule has 2 heterocycles. The molecule has 0 spiro atoms. The zero-order valence-corrected chi connectivity index (χ0v) is 17.2. The van der Waals surface area contributed by atoms with Crippen LogP contribution in [0.5, 0.6) is 0 Å². The molecule has 2 aliphatic rings. The quantitative estimate of drug-likeness (QED) is 0.738. The minimum absolute atomic E-state index is 0.169. The van der Waals surface area contributed by atoms with Crippen LogP contribution in [0.2, 0.25) is 0 Å². The number of ether oxygens (including phenoxy) is 1. The third-order valence-electron chi connectivity index (χ3n) is 5.29. The predicted octanol–water partition coefficient (Wildman–Crippen LogP) is 3.40. The Morgan fingerprint density at radius 2 is 1.85 bits per heavy atom. The second-order valence-electron chi connectivity index (χ2n) is 8.38. The van der Waals surface area contributed by atoms with Crippen LogP contribution in [0.1, 0.15) is 39.2 Å². The van der Waals surface area contributed by atoms with Crippen molar-refractivity contribution in [2.75, 3.05) is 45.1 Å². The number of amides is 1. The lowest BCUT2D eigenvalue weighted by atomic mass is 9.87. The van der Waals surface area contributed by atoms with Gasteiger partial charge < -0.3 is 9.64 Å². The molecule has 0 N–H and O–H groups in total. The summed E-state index contributed by atoms with van der Waals surface area (Å²) in [6.45, 7) is 12.2. The molecule has 26 heavy (non-hydrogen) atoms. The molecule has 2 aliphatic heterocycles. The Labute approximate surface area is 162 Å². The van der Waals surface area contributed by atoms with E-state index in [2.05, 4.69) is 49.9 Å². The molecule has 144 valence electrons. The van der Waals surface area contributed by atoms with E-state index in [4.69, 9.17) is 4.74 Å². The molecule has 0 bridgehead atoms. The first-order valence-corrected chi connectivity index (χ1v) is 10.8. The van der Waals surface area contributed by atoms with Crippen molar-refractivity contribution in [2.45, 2.75) is 50.0 Å². The van der Waals surface area contributed by atoms with Crippen molar-refractivity contribution in [3.8, 4) is 0 Å². The van der Waals surface area contributed by atoms with E-state index in [0.29, 0.717) is 11.9 Å². The summed E-state index contributed by atoms with van der Waals surface area (Å²) in [4.78, 5) is 18.1. The lowest BCUT2D eigenvalue weighted by molar-refractivity contribution is -0.130. The average molecular weight is 377 g/mol. The van der Waals surface area contributed by atoms with Crippen LogP contribution in [0, 0.1) is 0 Å². The highest BCUT2D eigenvalue weighted by molar-refractivity contribution is 8.00. The number of benzene rings is 1. The fourth-order valence-electron chi connectivity index (χ4n) is 3.54. The van der Waals surface area contributed by atoms with Crippen LogP contribution in [0.15, 0.2) is 29.2 Å². The van der Waals surface area contributed by atoms with Crippen LogP contribution in [-0.2, 0) is 14.9 Å². The Bertz CT molecular complexity index is 583. The molecular formula is C21H32N2O2S. The summed E-state index contributed by atoms with van der Waals surface area (Å²) >= 11 is 1.64. The van der Waals surface area contributed by atoms with Crippen molar-refractivity contribution in [1.82, 2.24) is 9.80 Å². The van der Waals surface area contributed by atoms with Gasteiger partial charge in [0.25, 0.3) is 0 Å². The number of carbonyl (C=O) groups is 1. The van der Waals surface area contributed by atoms with Crippen LogP contribution in [0.4, 0.5) is 0 Å². The fraction of sp³-hybridized carbons (Fsp3) is 0.667. The standard InChI is InChI=1S/C21H32N2O2S/c1-21(2,3)17-6-8-19(9-7-17)26-16-20(24)23-12-10-22(11-13-23)15-18-5-4-14-25-18/h6-9,18H,4-5,10-16H2,1-3H3. The molecule has 0 saturated carbocycles. The Kier molecular flexibility index (Phi) is 6.65. The molecule has 1 aromatic carbocycles. The van der Waals surface area contributed by atoms with Crippen LogP contribution < -0.4 is 0 Å². The van der Waals surface area contributed by atoms with Crippen LogP contribution in [-0.4, -0.2) is 66.9 Å². The predicted molar refractivity (Wildman–Crippen MR) is 108 cm³/mol. The number of hydrogen-bond acceptors (Lipinski definition) is 4. The molecule has 1 aromatic rings. The van der Waals surface area contributed by atoms with E-state index in [0.717, 1.165) is 39.3 Å². The molecular weight excluding hydrogens is 344 g/mol. The third-order valence-corrected chi connectivity index (χ3v) is 6.29. The van der Waals surface area contributed by atoms with Gasteiger partial charge in [0.1, 0.15) is 0 Å². The van der Waals surface area contributed by atoms with Gasteiger partial charge in [0.15, 0.2) is 0 Å². The molecule has 0 radical (unpaired) electrons. The van der Waals surface area contributed by atoms with Gasteiger partial charge in [-0.15, -0.1) is 11.8 Å². The summed E-state index contributed by atoms with van der Waals surface area (Å²) in [5.41, 5.74) is 1.50. The van der Waals surface area contributed by atoms with Crippen molar-refractivity contribution in [1.29, 1.82) is 0 Å². The molecule has 4 nitrogen and oxygen atoms in total. The van der Waals surface area contributed by atoms with Gasteiger partial charge in [0.05, 0.1) is 11.9 Å². The summed E-state index contributed by atoms with van der Waals surface area (Å²) in [5.74, 6) is 0.785. The highest BCUT2D eigenvalue weighted by Gasteiger charge is 2.24. The molecule has 1 unspecified atom stereocenters. The average Bonchev–Trinajstić information content (AvgIpc) is 3.13. The molecule has 2 saturated heterocycles. The largest absolute Gasteiger partial charge is 0.377 e. The minimum atomic E-state index is 0.169. The molecule has 0 aromatic heterocycles. The normalized spacial score (nSPS) is 22.0. The zero-order chi connectivity index (χ0) is 18.6. The molecule has 3 rings (SSSR count). The summed E-state index contributed by atoms with van der Waals surface area (Å²) in [6, 6.07) is 8.63. The molecule has 1 atom stereocenters. The van der Waals surface area contributed by atoms with Gasteiger partial charge in [-0.05, 0) is 36.0 Å². The summed E-state index contributed by atoms with van der Waals surface area (Å²) in [5, 5.41) is 0. The van der Waals surface area contributed by atoms with Crippen LogP contribution in [0.25, 0.3) is 0 Å². The maximum Gasteiger partial charge on any atom is 0.233 e. The van der Waals surface area contributed by atoms with Crippen molar-refractivity contribution < 1.29 is 9.53 Å². The van der Waals surface area contributed by atoms with E-state index in [9.17, 15) is 4.79 Å². The number of thioether (sulfide) groups is 1. The molecule has 1 amide bonds. The number of hydrogen-bond donors (Lipinski definition) is 0. The monoisotopic (exact) mass is 376 g/mol. The highest BCUT2D eigenvalue weighted by atomic mass is 32.2. The Morgan fingerprint density at radius 1 is 1.15 bits per heavy atom. The summed E-state index contributed by atoms with van der Waals surface area (Å²) in [7, 11) is 0. The maximum atomic E-state index is 12.5. The Hall–Kier alpha value is -1.04. The first kappa shape index (κ1) is 19.7. The maximum absolute atomic E-state index is 12.5. The molecule has 5 heteroatoms. The Balaban J connectivity index is 1.40. The van der Waals surface area contributed by atoms with Gasteiger partial charge >= 0.3 is 0 Å². The van der Waals surface area contributed by atoms with E-state index in [1.54, 1.807) is 11.8 Å². The lowest BCUT2D eigenvalue weighted by Crippen LogP contribution is -2.50. The van der Waals surface area contributed by atoms with Gasteiger partial charge in [-0.1, -0.05) is 32.9 Å². The van der Waals surface area contributed by atoms with Gasteiger partial charge in [-0.25, -0.2) is 0 Å². The minimum Gasteiger partial charge on any atom is -0.377 e. The third kappa shape index (κ3) is 5.48. The topological polar surface area (TPSA) is 32.8 Å². The number of rotatable bonds is 5. The van der Waals surface area contributed by atoms with Gasteiger partial charge in [-0.2, -0.15) is 0 Å². The first-order valence-electron chi connectivity index (χ1n) is 9.77. The highest BCUT2D eigenvalue weighted by Crippen LogP contribution is 2.26. The molecule has 2 fully saturated rings. The zero-order valence-electron chi connectivity index (χ0n) is 16.4. The lowest BCUT2D eigenvalue weighted by Gasteiger charge is -2.35. The molecule has 0 aliphatic carbocycles. The van der Waals surface area contributed by atoms with E-state index < -0.39 is 0 Å². The second-order valence-corrected chi connectivity index (χ2v) is 9.43. The number of piperazine rings is 1. The van der Waals surface area contributed by atoms with E-state index in [1.807, 2.05) is 4.90 Å². The summed E-state index contributed by atoms with van der Waals surface area (Å²) < 4.78 is 5.72. The fourth-order valence-corrected chi connectivity index (χ4v) is 4.34. The second kappa shape index (κ2) is 8.77. The van der Waals surface area contributed by atoms with Crippen molar-refractivity contribution >= 4 is 17.7 Å². The van der Waals surface area contributed by atoms with Crippen molar-refractivity contribution in [2.24, 2.45) is 0 Å². The van der Waals surface area contributed by atoms with Crippen molar-refractivity contribution in [3.63, 3.8) is 0 Å². The van der Waals surface area contributed by atoms with Crippen molar-refractivity contribution in [3.05, 3.63) is 29.8 Å². The summed E-state index contributed by atoms with van der Waals surface area (Å²) in [6.07, 6.45) is 2.78. The van der Waals surface area contributed by atoms with E-state index in [1.165, 1.54) is 23.3 Å². The van der Waals surface area contributed by atoms with Gasteiger partial charge in [-0.3, -0.25) is 9.69 Å². The number of carbonyl (C=O) groups excluding carboxylic acids is 1. The van der Waals surface area contributed by atoms with E-state index in [-0.39, 0.29) is 11.3 Å². The number of nitrogens with zero attached hydrogens (tertiary/aromatic N) is 2. The van der Waals surface area contributed by atoms with Gasteiger partial charge in [0.2, 0.25) is 5.91 Å². The Morgan fingerprint density at radius 3 is 2.42 bits per heavy atom. The first-order chi connectivity index (χ1) is 12.4. The SMILES string of the molecule is CC(C)(C)c1ccc(SCC(=O)N2CCN(CC3CCCO3)CC2)cc1. The van der Waals surface area contributed by atoms with Crippen LogP contribution >= 0.6 is 11.8 Å². The van der Waals surface area contributed by atoms with Crippen LogP contribution in [0.3, 0.4) is 0 Å².